The molecule has 2 aromatic rings. The standard InChI is InChI=1S/C14H13F4N3O2S/c1-24(22,23)10-4-2-9(3-5-10)11-8-12(14(16,17)18)21-13(20-11)19-7-6-15/h2-5,8H,6-7H2,1H3,(H,19,20,21). The molecule has 1 aromatic heterocycles. The van der Waals surface area contributed by atoms with Crippen LogP contribution in [-0.4, -0.2) is 37.9 Å². The maximum Gasteiger partial charge on any atom is 0.433 e. The van der Waals surface area contributed by atoms with Crippen molar-refractivity contribution in [3.8, 4) is 11.3 Å². The molecule has 0 saturated carbocycles. The van der Waals surface area contributed by atoms with Crippen LogP contribution in [0.15, 0.2) is 35.2 Å². The van der Waals surface area contributed by atoms with E-state index in [1.54, 1.807) is 0 Å². The summed E-state index contributed by atoms with van der Waals surface area (Å²) in [6.45, 7) is -1.02. The largest absolute Gasteiger partial charge is 0.433 e. The second kappa shape index (κ2) is 6.71. The van der Waals surface area contributed by atoms with Gasteiger partial charge in [0.1, 0.15) is 6.67 Å². The van der Waals surface area contributed by atoms with Crippen molar-refractivity contribution in [3.05, 3.63) is 36.0 Å². The molecule has 0 spiro atoms. The minimum absolute atomic E-state index is 0.0344. The molecule has 0 aliphatic heterocycles. The molecule has 0 fully saturated rings. The number of halogens is 4. The maximum absolute atomic E-state index is 12.9. The second-order valence-corrected chi connectivity index (χ2v) is 6.89. The monoisotopic (exact) mass is 363 g/mol. The van der Waals surface area contributed by atoms with Crippen LogP contribution < -0.4 is 5.32 Å². The molecule has 2 rings (SSSR count). The number of anilines is 1. The topological polar surface area (TPSA) is 72.0 Å². The van der Waals surface area contributed by atoms with Crippen LogP contribution in [0.1, 0.15) is 5.69 Å². The highest BCUT2D eigenvalue weighted by Crippen LogP contribution is 2.31. The van der Waals surface area contributed by atoms with Crippen molar-refractivity contribution < 1.29 is 26.0 Å². The number of nitrogens with zero attached hydrogens (tertiary/aromatic N) is 2. The molecule has 0 atom stereocenters. The van der Waals surface area contributed by atoms with E-state index >= 15 is 0 Å². The molecular formula is C14H13F4N3O2S. The lowest BCUT2D eigenvalue weighted by Crippen LogP contribution is -2.13. The van der Waals surface area contributed by atoms with Gasteiger partial charge in [0.25, 0.3) is 0 Å². The molecule has 0 aliphatic rings. The summed E-state index contributed by atoms with van der Waals surface area (Å²) in [6.07, 6.45) is -3.68. The molecule has 5 nitrogen and oxygen atoms in total. The maximum atomic E-state index is 12.9. The van der Waals surface area contributed by atoms with E-state index in [0.29, 0.717) is 0 Å². The third kappa shape index (κ3) is 4.40. The smallest absolute Gasteiger partial charge is 0.352 e. The van der Waals surface area contributed by atoms with Crippen molar-refractivity contribution in [2.24, 2.45) is 0 Å². The molecule has 0 radical (unpaired) electrons. The number of hydrogen-bond donors (Lipinski definition) is 1. The van der Waals surface area contributed by atoms with E-state index in [4.69, 9.17) is 0 Å². The van der Waals surface area contributed by atoms with Crippen molar-refractivity contribution in [2.45, 2.75) is 11.1 Å². The van der Waals surface area contributed by atoms with E-state index in [1.807, 2.05) is 0 Å². The fourth-order valence-corrected chi connectivity index (χ4v) is 2.48. The van der Waals surface area contributed by atoms with Crippen molar-refractivity contribution in [1.29, 1.82) is 0 Å². The molecule has 10 heteroatoms. The van der Waals surface area contributed by atoms with Gasteiger partial charge in [-0.05, 0) is 18.2 Å². The first-order valence-corrected chi connectivity index (χ1v) is 8.57. The van der Waals surface area contributed by atoms with E-state index in [-0.39, 0.29) is 28.6 Å². The van der Waals surface area contributed by atoms with Crippen LogP contribution in [0.25, 0.3) is 11.3 Å². The van der Waals surface area contributed by atoms with Gasteiger partial charge in [0, 0.05) is 18.4 Å². The van der Waals surface area contributed by atoms with E-state index in [1.165, 1.54) is 24.3 Å². The van der Waals surface area contributed by atoms with Crippen LogP contribution >= 0.6 is 0 Å². The molecule has 0 saturated heterocycles. The lowest BCUT2D eigenvalue weighted by atomic mass is 10.1. The Bertz CT molecular complexity index is 821. The van der Waals surface area contributed by atoms with Gasteiger partial charge in [-0.15, -0.1) is 0 Å². The number of alkyl halides is 4. The molecule has 130 valence electrons. The SMILES string of the molecule is CS(=O)(=O)c1ccc(-c2cc(C(F)(F)F)nc(NCCF)n2)cc1. The second-order valence-electron chi connectivity index (χ2n) is 4.87. The molecule has 0 amide bonds. The van der Waals surface area contributed by atoms with Crippen LogP contribution in [0.2, 0.25) is 0 Å². The fourth-order valence-electron chi connectivity index (χ4n) is 1.85. The van der Waals surface area contributed by atoms with Gasteiger partial charge >= 0.3 is 6.18 Å². The summed E-state index contributed by atoms with van der Waals surface area (Å²) in [4.78, 5) is 7.26. The third-order valence-corrected chi connectivity index (χ3v) is 4.10. The molecule has 1 heterocycles. The van der Waals surface area contributed by atoms with Crippen molar-refractivity contribution in [2.75, 3.05) is 24.8 Å². The number of nitrogens with one attached hydrogen (secondary N) is 1. The first kappa shape index (κ1) is 18.1. The first-order chi connectivity index (χ1) is 11.1. The average Bonchev–Trinajstić information content (AvgIpc) is 2.51. The Balaban J connectivity index is 2.48. The molecular weight excluding hydrogens is 350 g/mol. The number of aromatic nitrogens is 2. The number of benzene rings is 1. The van der Waals surface area contributed by atoms with Crippen molar-refractivity contribution >= 4 is 15.8 Å². The Morgan fingerprint density at radius 2 is 1.75 bits per heavy atom. The van der Waals surface area contributed by atoms with Crippen LogP contribution in [0.4, 0.5) is 23.5 Å². The molecule has 0 bridgehead atoms. The Morgan fingerprint density at radius 3 is 2.25 bits per heavy atom. The van der Waals surface area contributed by atoms with Gasteiger partial charge in [0.2, 0.25) is 5.95 Å². The molecule has 1 aromatic carbocycles. The zero-order chi connectivity index (χ0) is 18.0. The number of rotatable bonds is 5. The van der Waals surface area contributed by atoms with E-state index in [0.717, 1.165) is 12.3 Å². The molecule has 0 unspecified atom stereocenters. The third-order valence-electron chi connectivity index (χ3n) is 2.97. The summed E-state index contributed by atoms with van der Waals surface area (Å²) >= 11 is 0. The van der Waals surface area contributed by atoms with Crippen LogP contribution in [0.5, 0.6) is 0 Å². The quantitative estimate of drug-likeness (QED) is 0.827. The van der Waals surface area contributed by atoms with Crippen molar-refractivity contribution in [3.63, 3.8) is 0 Å². The summed E-state index contributed by atoms with van der Waals surface area (Å²) in [5, 5.41) is 2.36. The lowest BCUT2D eigenvalue weighted by molar-refractivity contribution is -0.141. The van der Waals surface area contributed by atoms with Gasteiger partial charge in [-0.1, -0.05) is 12.1 Å². The van der Waals surface area contributed by atoms with Gasteiger partial charge in [0.05, 0.1) is 10.6 Å². The number of hydrogen-bond acceptors (Lipinski definition) is 5. The summed E-state index contributed by atoms with van der Waals surface area (Å²) in [7, 11) is -3.42. The van der Waals surface area contributed by atoms with Crippen LogP contribution in [-0.2, 0) is 16.0 Å². The Morgan fingerprint density at radius 1 is 1.12 bits per heavy atom. The highest BCUT2D eigenvalue weighted by Gasteiger charge is 2.33. The van der Waals surface area contributed by atoms with Crippen molar-refractivity contribution in [1.82, 2.24) is 9.97 Å². The molecule has 1 N–H and O–H groups in total. The van der Waals surface area contributed by atoms with Gasteiger partial charge in [0.15, 0.2) is 15.5 Å². The lowest BCUT2D eigenvalue weighted by Gasteiger charge is -2.11. The number of sulfone groups is 1. The fraction of sp³-hybridized carbons (Fsp3) is 0.286. The van der Waals surface area contributed by atoms with E-state index in [9.17, 15) is 26.0 Å². The molecule has 24 heavy (non-hydrogen) atoms. The Kier molecular flexibility index (Phi) is 5.07. The van der Waals surface area contributed by atoms with Crippen LogP contribution in [0, 0.1) is 0 Å². The summed E-state index contributed by atoms with van der Waals surface area (Å²) in [5.74, 6) is -0.357. The minimum atomic E-state index is -4.70. The average molecular weight is 363 g/mol. The summed E-state index contributed by atoms with van der Waals surface area (Å²) < 4.78 is 73.8. The van der Waals surface area contributed by atoms with Crippen LogP contribution in [0.3, 0.4) is 0 Å². The highest BCUT2D eigenvalue weighted by atomic mass is 32.2. The molecule has 0 aliphatic carbocycles. The highest BCUT2D eigenvalue weighted by molar-refractivity contribution is 7.90. The predicted octanol–water partition coefficient (Wildman–Crippen LogP) is 2.95. The predicted molar refractivity (Wildman–Crippen MR) is 80.0 cm³/mol. The van der Waals surface area contributed by atoms with Gasteiger partial charge < -0.3 is 5.32 Å². The zero-order valence-corrected chi connectivity index (χ0v) is 13.2. The van der Waals surface area contributed by atoms with E-state index < -0.39 is 28.4 Å². The van der Waals surface area contributed by atoms with E-state index in [2.05, 4.69) is 15.3 Å². The summed E-state index contributed by atoms with van der Waals surface area (Å²) in [5.41, 5.74) is -0.960. The zero-order valence-electron chi connectivity index (χ0n) is 12.4. The summed E-state index contributed by atoms with van der Waals surface area (Å²) in [6, 6.07) is 5.98. The minimum Gasteiger partial charge on any atom is -0.352 e. The Hall–Kier alpha value is -2.23. The van der Waals surface area contributed by atoms with Gasteiger partial charge in [-0.2, -0.15) is 13.2 Å². The van der Waals surface area contributed by atoms with Gasteiger partial charge in [-0.25, -0.2) is 22.8 Å². The normalized spacial score (nSPS) is 12.2. The van der Waals surface area contributed by atoms with Gasteiger partial charge in [-0.3, -0.25) is 0 Å². The Labute approximate surface area is 135 Å². The first-order valence-electron chi connectivity index (χ1n) is 6.68.